The van der Waals surface area contributed by atoms with Crippen LogP contribution in [0.2, 0.25) is 0 Å². The van der Waals surface area contributed by atoms with Crippen molar-refractivity contribution >= 4 is 13.2 Å². The Hall–Kier alpha value is -0.745. The zero-order chi connectivity index (χ0) is 11.4. The Balaban J connectivity index is 0.000000292. The van der Waals surface area contributed by atoms with Crippen LogP contribution in [-0.2, 0) is 4.79 Å². The van der Waals surface area contributed by atoms with Crippen LogP contribution in [0.1, 0.15) is 19.8 Å². The lowest BCUT2D eigenvalue weighted by Crippen LogP contribution is -2.22. The molecule has 0 N–H and O–H groups in total. The number of carbonyl (C=O) groups excluding carboxylic acids is 1. The molecule has 0 spiro atoms. The Morgan fingerprint density at radius 2 is 1.86 bits per heavy atom. The third kappa shape index (κ3) is 5.82. The van der Waals surface area contributed by atoms with Gasteiger partial charge in [-0.1, -0.05) is 6.92 Å². The molecule has 14 heavy (non-hydrogen) atoms. The van der Waals surface area contributed by atoms with E-state index < -0.39 is 7.25 Å². The second kappa shape index (κ2) is 5.21. The van der Waals surface area contributed by atoms with Gasteiger partial charge in [0.05, 0.1) is 0 Å². The molecular weight excluding hydrogens is 201 g/mol. The van der Waals surface area contributed by atoms with Gasteiger partial charge in [-0.15, -0.1) is 0 Å². The Bertz CT molecular complexity index is 191. The Morgan fingerprint density at radius 3 is 2.00 bits per heavy atom. The average Bonchev–Trinajstić information content (AvgIpc) is 2.30. The number of carbonyl (C=O) groups is 1. The van der Waals surface area contributed by atoms with Crippen molar-refractivity contribution in [2.75, 3.05) is 13.6 Å². The van der Waals surface area contributed by atoms with Crippen LogP contribution in [0, 0.1) is 5.92 Å². The van der Waals surface area contributed by atoms with E-state index in [0.29, 0.717) is 11.8 Å². The summed E-state index contributed by atoms with van der Waals surface area (Å²) < 4.78 is 39.0. The van der Waals surface area contributed by atoms with Crippen LogP contribution >= 0.6 is 0 Å². The van der Waals surface area contributed by atoms with Gasteiger partial charge in [0, 0.05) is 19.5 Å². The summed E-state index contributed by atoms with van der Waals surface area (Å²) in [5, 5.41) is 0. The first-order chi connectivity index (χ1) is 6.25. The molecule has 0 aromatic heterocycles. The molecule has 1 aliphatic heterocycles. The van der Waals surface area contributed by atoms with E-state index in [0.717, 1.165) is 19.4 Å². The Labute approximate surface area is 80.4 Å². The number of halogens is 4. The second-order valence-corrected chi connectivity index (χ2v) is 3.15. The highest BCUT2D eigenvalue weighted by molar-refractivity contribution is 6.50. The molecule has 1 amide bonds. The maximum absolute atomic E-state index is 11.1. The van der Waals surface area contributed by atoms with Gasteiger partial charge in [-0.25, -0.2) is 0 Å². The summed E-state index contributed by atoms with van der Waals surface area (Å²) in [7, 11) is -4.13. The summed E-state index contributed by atoms with van der Waals surface area (Å²) in [6.45, 7) is 3.03. The standard InChI is InChI=1S/C7H13NO.BF4/c1-3-6-4-5-8(2)7(6)9;2-1(3,4)5/h6H,3-5H2,1-2H3;/q;-1. The maximum atomic E-state index is 11.1. The zero-order valence-electron chi connectivity index (χ0n) is 8.14. The number of amides is 1. The van der Waals surface area contributed by atoms with Gasteiger partial charge >= 0.3 is 7.25 Å². The SMILES string of the molecule is CCC1CCN(C)C1=O.F[B-](F)(F)F. The van der Waals surface area contributed by atoms with Crippen molar-refractivity contribution in [1.29, 1.82) is 0 Å². The predicted octanol–water partition coefficient (Wildman–Crippen LogP) is 2.17. The van der Waals surface area contributed by atoms with Crippen LogP contribution < -0.4 is 0 Å². The van der Waals surface area contributed by atoms with Crippen molar-refractivity contribution < 1.29 is 22.1 Å². The molecule has 1 fully saturated rings. The van der Waals surface area contributed by atoms with E-state index in [1.807, 2.05) is 11.9 Å². The highest BCUT2D eigenvalue weighted by Gasteiger charge is 2.26. The van der Waals surface area contributed by atoms with Gasteiger partial charge in [0.1, 0.15) is 0 Å². The maximum Gasteiger partial charge on any atom is 0.673 e. The summed E-state index contributed by atoms with van der Waals surface area (Å²) >= 11 is 0. The summed E-state index contributed by atoms with van der Waals surface area (Å²) in [6, 6.07) is 0. The molecule has 0 radical (unpaired) electrons. The van der Waals surface area contributed by atoms with Crippen LogP contribution in [0.3, 0.4) is 0 Å². The van der Waals surface area contributed by atoms with E-state index >= 15 is 0 Å². The first-order valence-electron chi connectivity index (χ1n) is 4.38. The van der Waals surface area contributed by atoms with E-state index in [1.54, 1.807) is 0 Å². The van der Waals surface area contributed by atoms with Gasteiger partial charge in [0.2, 0.25) is 5.91 Å². The number of rotatable bonds is 1. The minimum Gasteiger partial charge on any atom is -0.418 e. The van der Waals surface area contributed by atoms with Gasteiger partial charge < -0.3 is 22.2 Å². The topological polar surface area (TPSA) is 20.3 Å². The lowest BCUT2D eigenvalue weighted by Gasteiger charge is -2.07. The normalized spacial score (nSPS) is 22.0. The summed E-state index contributed by atoms with van der Waals surface area (Å²) in [4.78, 5) is 12.9. The predicted molar refractivity (Wildman–Crippen MR) is 46.2 cm³/mol. The fraction of sp³-hybridized carbons (Fsp3) is 0.857. The first kappa shape index (κ1) is 13.3. The molecule has 2 nitrogen and oxygen atoms in total. The molecule has 1 saturated heterocycles. The quantitative estimate of drug-likeness (QED) is 0.483. The van der Waals surface area contributed by atoms with Crippen molar-refractivity contribution in [1.82, 2.24) is 4.90 Å². The van der Waals surface area contributed by atoms with Crippen LogP contribution in [0.4, 0.5) is 17.3 Å². The molecule has 1 unspecified atom stereocenters. The van der Waals surface area contributed by atoms with Crippen molar-refractivity contribution in [3.63, 3.8) is 0 Å². The van der Waals surface area contributed by atoms with Crippen molar-refractivity contribution in [3.8, 4) is 0 Å². The molecule has 84 valence electrons. The molecule has 0 bridgehead atoms. The molecular formula is C7H13BF4NO-. The molecule has 0 aromatic rings. The van der Waals surface area contributed by atoms with Crippen LogP contribution in [0.25, 0.3) is 0 Å². The van der Waals surface area contributed by atoms with Crippen molar-refractivity contribution in [2.45, 2.75) is 19.8 Å². The molecule has 1 aliphatic rings. The second-order valence-electron chi connectivity index (χ2n) is 3.15. The molecule has 0 saturated carbocycles. The van der Waals surface area contributed by atoms with Crippen LogP contribution in [0.15, 0.2) is 0 Å². The summed E-state index contributed by atoms with van der Waals surface area (Å²) in [5.74, 6) is 0.660. The van der Waals surface area contributed by atoms with Gasteiger partial charge in [-0.3, -0.25) is 4.79 Å². The third-order valence-electron chi connectivity index (χ3n) is 2.03. The molecule has 1 atom stereocenters. The van der Waals surface area contributed by atoms with E-state index in [-0.39, 0.29) is 0 Å². The van der Waals surface area contributed by atoms with E-state index in [1.165, 1.54) is 0 Å². The number of nitrogens with zero attached hydrogens (tertiary/aromatic N) is 1. The largest absolute Gasteiger partial charge is 0.673 e. The molecule has 0 aromatic carbocycles. The third-order valence-corrected chi connectivity index (χ3v) is 2.03. The molecule has 1 rings (SSSR count). The Morgan fingerprint density at radius 1 is 1.43 bits per heavy atom. The molecule has 1 heterocycles. The lowest BCUT2D eigenvalue weighted by atomic mass is 10.1. The zero-order valence-corrected chi connectivity index (χ0v) is 8.14. The van der Waals surface area contributed by atoms with Gasteiger partial charge in [0.15, 0.2) is 0 Å². The number of hydrogen-bond acceptors (Lipinski definition) is 1. The van der Waals surface area contributed by atoms with Crippen LogP contribution in [0.5, 0.6) is 0 Å². The van der Waals surface area contributed by atoms with E-state index in [9.17, 15) is 22.1 Å². The first-order valence-corrected chi connectivity index (χ1v) is 4.38. The number of hydrogen-bond donors (Lipinski definition) is 0. The minimum absolute atomic E-state index is 0.329. The van der Waals surface area contributed by atoms with Crippen molar-refractivity contribution in [3.05, 3.63) is 0 Å². The smallest absolute Gasteiger partial charge is 0.418 e. The highest BCUT2D eigenvalue weighted by atomic mass is 19.5. The summed E-state index contributed by atoms with van der Waals surface area (Å²) in [6.07, 6.45) is 2.06. The van der Waals surface area contributed by atoms with E-state index in [2.05, 4.69) is 6.92 Å². The highest BCUT2D eigenvalue weighted by Crippen LogP contribution is 2.18. The Kier molecular flexibility index (Phi) is 4.94. The molecule has 7 heteroatoms. The minimum atomic E-state index is -6.00. The number of likely N-dealkylation sites (tertiary alicyclic amines) is 1. The van der Waals surface area contributed by atoms with Gasteiger partial charge in [-0.2, -0.15) is 0 Å². The van der Waals surface area contributed by atoms with Crippen LogP contribution in [-0.4, -0.2) is 31.7 Å². The fourth-order valence-corrected chi connectivity index (χ4v) is 1.27. The lowest BCUT2D eigenvalue weighted by molar-refractivity contribution is -0.129. The van der Waals surface area contributed by atoms with Gasteiger partial charge in [-0.05, 0) is 12.8 Å². The molecule has 0 aliphatic carbocycles. The average molecular weight is 214 g/mol. The van der Waals surface area contributed by atoms with Gasteiger partial charge in [0.25, 0.3) is 0 Å². The monoisotopic (exact) mass is 214 g/mol. The summed E-state index contributed by atoms with van der Waals surface area (Å²) in [5.41, 5.74) is 0. The fourth-order valence-electron chi connectivity index (χ4n) is 1.27. The van der Waals surface area contributed by atoms with Crippen molar-refractivity contribution in [2.24, 2.45) is 5.92 Å². The van der Waals surface area contributed by atoms with E-state index in [4.69, 9.17) is 0 Å².